The van der Waals surface area contributed by atoms with E-state index >= 15 is 0 Å². The highest BCUT2D eigenvalue weighted by Gasteiger charge is 2.31. The Morgan fingerprint density at radius 2 is 2.00 bits per heavy atom. The van der Waals surface area contributed by atoms with Gasteiger partial charge in [0.05, 0.1) is 12.2 Å². The van der Waals surface area contributed by atoms with Crippen LogP contribution in [0, 0.1) is 5.82 Å². The Kier molecular flexibility index (Phi) is 5.79. The minimum absolute atomic E-state index is 0.00277. The quantitative estimate of drug-likeness (QED) is 0.682. The molecule has 0 spiro atoms. The van der Waals surface area contributed by atoms with Crippen molar-refractivity contribution in [3.63, 3.8) is 0 Å². The summed E-state index contributed by atoms with van der Waals surface area (Å²) in [5.41, 5.74) is 1.70. The van der Waals surface area contributed by atoms with Crippen LogP contribution in [0.1, 0.15) is 69.0 Å². The molecule has 2 aromatic rings. The van der Waals surface area contributed by atoms with Crippen molar-refractivity contribution in [2.24, 2.45) is 0 Å². The molecule has 6 heteroatoms. The van der Waals surface area contributed by atoms with E-state index in [1.54, 1.807) is 6.92 Å². The number of anilines is 1. The minimum Gasteiger partial charge on any atom is -0.489 e. The normalized spacial score (nSPS) is 20.4. The average Bonchev–Trinajstić information content (AvgIpc) is 3.10. The lowest BCUT2D eigenvalue weighted by molar-refractivity contribution is -0.117. The maximum Gasteiger partial charge on any atom is 0.187 e. The molecule has 0 unspecified atom stereocenters. The standard InChI is InChI=1S/C23H28FN3O2/c1-15(12-16(2)28)17-6-8-19(9-7-17)29-20-10-11-27(13-20)23-21(24)22(25-14-26-23)18-4-3-5-18/h6-9,14-15,18,20H,3-5,10-13H2,1-2H3/t15-,20-/m1/s1. The third-order valence-corrected chi connectivity index (χ3v) is 6.08. The lowest BCUT2D eigenvalue weighted by Gasteiger charge is -2.26. The number of benzene rings is 1. The number of hydrogen-bond acceptors (Lipinski definition) is 5. The summed E-state index contributed by atoms with van der Waals surface area (Å²) >= 11 is 0. The molecule has 1 saturated carbocycles. The van der Waals surface area contributed by atoms with Gasteiger partial charge in [-0.2, -0.15) is 0 Å². The lowest BCUT2D eigenvalue weighted by atomic mass is 9.82. The number of ether oxygens (including phenoxy) is 1. The summed E-state index contributed by atoms with van der Waals surface area (Å²) < 4.78 is 21.0. The Balaban J connectivity index is 1.37. The number of hydrogen-bond donors (Lipinski definition) is 0. The molecule has 29 heavy (non-hydrogen) atoms. The molecule has 1 saturated heterocycles. The zero-order chi connectivity index (χ0) is 20.4. The molecule has 1 aliphatic carbocycles. The summed E-state index contributed by atoms with van der Waals surface area (Å²) in [6.07, 6.45) is 6.03. The average molecular weight is 397 g/mol. The fraction of sp³-hybridized carbons (Fsp3) is 0.522. The summed E-state index contributed by atoms with van der Waals surface area (Å²) in [5.74, 6) is 1.59. The van der Waals surface area contributed by atoms with Crippen molar-refractivity contribution in [3.8, 4) is 5.75 Å². The van der Waals surface area contributed by atoms with Crippen LogP contribution in [0.5, 0.6) is 5.75 Å². The van der Waals surface area contributed by atoms with Crippen LogP contribution in [-0.2, 0) is 4.79 Å². The van der Waals surface area contributed by atoms with E-state index in [0.29, 0.717) is 24.5 Å². The third kappa shape index (κ3) is 4.41. The summed E-state index contributed by atoms with van der Waals surface area (Å²) in [6, 6.07) is 7.94. The molecule has 154 valence electrons. The van der Waals surface area contributed by atoms with Gasteiger partial charge in [0.1, 0.15) is 24.0 Å². The monoisotopic (exact) mass is 397 g/mol. The lowest BCUT2D eigenvalue weighted by Crippen LogP contribution is -2.27. The maximum atomic E-state index is 14.9. The zero-order valence-electron chi connectivity index (χ0n) is 17.1. The van der Waals surface area contributed by atoms with Gasteiger partial charge in [0.25, 0.3) is 0 Å². The van der Waals surface area contributed by atoms with E-state index < -0.39 is 0 Å². The SMILES string of the molecule is CC(=O)C[C@@H](C)c1ccc(O[C@@H]2CCN(c3ncnc(C4CCC4)c3F)C2)cc1. The van der Waals surface area contributed by atoms with Crippen molar-refractivity contribution < 1.29 is 13.9 Å². The molecule has 1 aromatic carbocycles. The van der Waals surface area contributed by atoms with E-state index in [-0.39, 0.29) is 29.5 Å². The molecule has 4 rings (SSSR count). The van der Waals surface area contributed by atoms with E-state index in [1.165, 1.54) is 6.33 Å². The van der Waals surface area contributed by atoms with Crippen LogP contribution in [0.2, 0.25) is 0 Å². The first kappa shape index (κ1) is 19.8. The van der Waals surface area contributed by atoms with Gasteiger partial charge in [-0.3, -0.25) is 0 Å². The molecule has 0 amide bonds. The summed E-state index contributed by atoms with van der Waals surface area (Å²) in [5, 5.41) is 0. The van der Waals surface area contributed by atoms with Crippen LogP contribution in [-0.4, -0.2) is 34.9 Å². The van der Waals surface area contributed by atoms with E-state index in [9.17, 15) is 9.18 Å². The fourth-order valence-corrected chi connectivity index (χ4v) is 4.19. The number of rotatable bonds is 7. The summed E-state index contributed by atoms with van der Waals surface area (Å²) in [4.78, 5) is 21.7. The van der Waals surface area contributed by atoms with Crippen LogP contribution >= 0.6 is 0 Å². The molecule has 0 bridgehead atoms. The summed E-state index contributed by atoms with van der Waals surface area (Å²) in [7, 11) is 0. The molecule has 1 aliphatic heterocycles. The van der Waals surface area contributed by atoms with Crippen molar-refractivity contribution in [3.05, 3.63) is 47.7 Å². The first-order chi connectivity index (χ1) is 14.0. The molecule has 2 fully saturated rings. The highest BCUT2D eigenvalue weighted by Crippen LogP contribution is 2.38. The second-order valence-corrected chi connectivity index (χ2v) is 8.38. The Hall–Kier alpha value is -2.50. The van der Waals surface area contributed by atoms with Crippen LogP contribution in [0.4, 0.5) is 10.2 Å². The van der Waals surface area contributed by atoms with E-state index in [4.69, 9.17) is 4.74 Å². The number of halogens is 1. The number of aromatic nitrogens is 2. The molecule has 0 radical (unpaired) electrons. The van der Waals surface area contributed by atoms with Gasteiger partial charge in [-0.05, 0) is 43.4 Å². The van der Waals surface area contributed by atoms with Gasteiger partial charge < -0.3 is 14.4 Å². The van der Waals surface area contributed by atoms with Crippen LogP contribution < -0.4 is 9.64 Å². The Morgan fingerprint density at radius 1 is 1.24 bits per heavy atom. The van der Waals surface area contributed by atoms with Crippen LogP contribution in [0.15, 0.2) is 30.6 Å². The first-order valence-electron chi connectivity index (χ1n) is 10.5. The molecule has 0 N–H and O–H groups in total. The topological polar surface area (TPSA) is 55.3 Å². The molecule has 2 aliphatic rings. The predicted molar refractivity (Wildman–Crippen MR) is 110 cm³/mol. The molecule has 2 atom stereocenters. The predicted octanol–water partition coefficient (Wildman–Crippen LogP) is 4.62. The van der Waals surface area contributed by atoms with Gasteiger partial charge >= 0.3 is 0 Å². The van der Waals surface area contributed by atoms with Crippen molar-refractivity contribution in [2.75, 3.05) is 18.0 Å². The number of Topliss-reactive ketones (excluding diaryl/α,β-unsaturated/α-hetero) is 1. The van der Waals surface area contributed by atoms with Crippen molar-refractivity contribution in [2.45, 2.75) is 63.9 Å². The number of carbonyl (C=O) groups is 1. The number of nitrogens with zero attached hydrogens (tertiary/aromatic N) is 3. The number of carbonyl (C=O) groups excluding carboxylic acids is 1. The van der Waals surface area contributed by atoms with Gasteiger partial charge in [0.2, 0.25) is 0 Å². The van der Waals surface area contributed by atoms with Crippen molar-refractivity contribution in [1.29, 1.82) is 0 Å². The highest BCUT2D eigenvalue weighted by atomic mass is 19.1. The van der Waals surface area contributed by atoms with Gasteiger partial charge in [-0.25, -0.2) is 14.4 Å². The molecule has 1 aromatic heterocycles. The van der Waals surface area contributed by atoms with Crippen molar-refractivity contribution >= 4 is 11.6 Å². The van der Waals surface area contributed by atoms with E-state index in [2.05, 4.69) is 16.9 Å². The minimum atomic E-state index is -0.262. The first-order valence-corrected chi connectivity index (χ1v) is 10.5. The summed E-state index contributed by atoms with van der Waals surface area (Å²) in [6.45, 7) is 5.01. The Morgan fingerprint density at radius 3 is 2.66 bits per heavy atom. The van der Waals surface area contributed by atoms with Crippen LogP contribution in [0.3, 0.4) is 0 Å². The second kappa shape index (κ2) is 8.47. The number of ketones is 1. The molecule has 2 heterocycles. The van der Waals surface area contributed by atoms with E-state index in [0.717, 1.165) is 43.5 Å². The highest BCUT2D eigenvalue weighted by molar-refractivity contribution is 5.76. The van der Waals surface area contributed by atoms with Gasteiger partial charge in [0.15, 0.2) is 11.6 Å². The Labute approximate surface area is 171 Å². The maximum absolute atomic E-state index is 14.9. The van der Waals surface area contributed by atoms with Crippen LogP contribution in [0.25, 0.3) is 0 Å². The largest absolute Gasteiger partial charge is 0.489 e. The Bertz CT molecular complexity index is 867. The van der Waals surface area contributed by atoms with Crippen molar-refractivity contribution in [1.82, 2.24) is 9.97 Å². The fourth-order valence-electron chi connectivity index (χ4n) is 4.19. The van der Waals surface area contributed by atoms with Gasteiger partial charge in [-0.15, -0.1) is 0 Å². The molecular formula is C23H28FN3O2. The zero-order valence-corrected chi connectivity index (χ0v) is 17.1. The molecule has 5 nitrogen and oxygen atoms in total. The van der Waals surface area contributed by atoms with E-state index in [1.807, 2.05) is 29.2 Å². The van der Waals surface area contributed by atoms with Gasteiger partial charge in [-0.1, -0.05) is 25.5 Å². The smallest absolute Gasteiger partial charge is 0.187 e. The molecular weight excluding hydrogens is 369 g/mol. The van der Waals surface area contributed by atoms with Gasteiger partial charge in [0, 0.05) is 25.3 Å². The third-order valence-electron chi connectivity index (χ3n) is 6.08. The second-order valence-electron chi connectivity index (χ2n) is 8.38.